The van der Waals surface area contributed by atoms with Gasteiger partial charge in [0.2, 0.25) is 5.13 Å². The number of rotatable bonds is 16. The Morgan fingerprint density at radius 1 is 0.982 bits per heavy atom. The maximum Gasteiger partial charge on any atom is 0.355 e. The van der Waals surface area contributed by atoms with Gasteiger partial charge >= 0.3 is 5.97 Å². The summed E-state index contributed by atoms with van der Waals surface area (Å²) in [5.41, 5.74) is 3.33. The lowest BCUT2D eigenvalue weighted by molar-refractivity contribution is -0.153. The zero-order valence-electron chi connectivity index (χ0n) is 30.4. The molecule has 0 aliphatic carbocycles. The van der Waals surface area contributed by atoms with E-state index in [-0.39, 0.29) is 24.0 Å². The van der Waals surface area contributed by atoms with Crippen LogP contribution in [0.5, 0.6) is 5.75 Å². The van der Waals surface area contributed by atoms with Crippen LogP contribution in [0, 0.1) is 0 Å². The van der Waals surface area contributed by atoms with Crippen LogP contribution in [0.15, 0.2) is 132 Å². The summed E-state index contributed by atoms with van der Waals surface area (Å²) >= 11 is 8.50. The number of methoxy groups -OCH3 is 1. The lowest BCUT2D eigenvalue weighted by Gasteiger charge is -2.49. The fourth-order valence-electron chi connectivity index (χ4n) is 6.53. The van der Waals surface area contributed by atoms with Crippen LogP contribution in [0.25, 0.3) is 0 Å². The Kier molecular flexibility index (Phi) is 12.5. The van der Waals surface area contributed by atoms with Gasteiger partial charge in [-0.3, -0.25) is 14.5 Å². The Morgan fingerprint density at radius 2 is 1.60 bits per heavy atom. The molecule has 0 spiro atoms. The van der Waals surface area contributed by atoms with E-state index in [0.29, 0.717) is 22.2 Å². The Bertz CT molecular complexity index is 2150. The molecule has 1 aromatic heterocycles. The number of nitrogens with zero attached hydrogens (tertiary/aromatic N) is 4. The molecule has 3 heterocycles. The quantitative estimate of drug-likeness (QED) is 0.0279. The number of fused-ring (bicyclic) bond motifs is 1. The van der Waals surface area contributed by atoms with E-state index in [4.69, 9.17) is 25.9 Å². The Morgan fingerprint density at radius 3 is 2.18 bits per heavy atom. The molecule has 0 saturated carbocycles. The Balaban J connectivity index is 0.948. The van der Waals surface area contributed by atoms with Crippen LogP contribution in [0.3, 0.4) is 0 Å². The van der Waals surface area contributed by atoms with Gasteiger partial charge in [-0.05, 0) is 40.0 Å². The highest BCUT2D eigenvalue weighted by Crippen LogP contribution is 2.42. The number of benzene rings is 4. The minimum absolute atomic E-state index is 0.0217. The summed E-state index contributed by atoms with van der Waals surface area (Å²) in [4.78, 5) is 50.0. The number of hydrogen-bond donors (Lipinski definition) is 2. The molecule has 2 aliphatic heterocycles. The number of esters is 1. The van der Waals surface area contributed by atoms with Crippen molar-refractivity contribution < 1.29 is 33.1 Å². The number of thioether (sulfide) groups is 1. The molecule has 5 aromatic rings. The van der Waals surface area contributed by atoms with Crippen LogP contribution in [0.2, 0.25) is 0 Å². The second-order valence-corrected chi connectivity index (χ2v) is 15.0. The summed E-state index contributed by atoms with van der Waals surface area (Å²) < 4.78 is 30.3. The van der Waals surface area contributed by atoms with Gasteiger partial charge in [0.05, 0.1) is 7.11 Å². The van der Waals surface area contributed by atoms with Gasteiger partial charge in [0.1, 0.15) is 41.2 Å². The average molecular weight is 827 g/mol. The predicted octanol–water partition coefficient (Wildman–Crippen LogP) is 6.60. The van der Waals surface area contributed by atoms with Gasteiger partial charge in [0.15, 0.2) is 18.6 Å². The molecule has 57 heavy (non-hydrogen) atoms. The molecule has 12 nitrogen and oxygen atoms in total. The topological polar surface area (TPSA) is 144 Å². The number of aromatic nitrogens is 2. The third-order valence-electron chi connectivity index (χ3n) is 9.33. The molecule has 0 bridgehead atoms. The van der Waals surface area contributed by atoms with E-state index in [1.54, 1.807) is 31.4 Å². The number of nitrogens with one attached hydrogen (secondary N) is 2. The molecular weight excluding hydrogens is 791 g/mol. The number of ether oxygens (including phenoxy) is 2. The molecule has 2 amide bonds. The molecule has 0 radical (unpaired) electrons. The van der Waals surface area contributed by atoms with Gasteiger partial charge < -0.3 is 24.9 Å². The first-order chi connectivity index (χ1) is 27.8. The Labute approximate surface area is 341 Å². The van der Waals surface area contributed by atoms with Gasteiger partial charge in [-0.15, -0.1) is 23.4 Å². The lowest BCUT2D eigenvalue weighted by atomic mass is 9.77. The fourth-order valence-corrected chi connectivity index (χ4v) is 8.87. The van der Waals surface area contributed by atoms with Crippen molar-refractivity contribution >= 4 is 64.0 Å². The zero-order valence-corrected chi connectivity index (χ0v) is 32.8. The summed E-state index contributed by atoms with van der Waals surface area (Å²) in [5, 5.41) is 9.58. The number of carbonyl (C=O) groups is 3. The molecule has 1 fully saturated rings. The summed E-state index contributed by atoms with van der Waals surface area (Å²) in [6.07, 6.45) is -0.946. The molecule has 16 heteroatoms. The smallest absolute Gasteiger partial charge is 0.355 e. The number of anilines is 1. The Hall–Kier alpha value is -5.77. The highest BCUT2D eigenvalue weighted by Gasteiger charge is 2.54. The monoisotopic (exact) mass is 826 g/mol. The highest BCUT2D eigenvalue weighted by atomic mass is 35.5. The van der Waals surface area contributed by atoms with E-state index in [9.17, 15) is 14.4 Å². The lowest BCUT2D eigenvalue weighted by Crippen LogP contribution is -2.70. The average Bonchev–Trinajstić information content (AvgIpc) is 3.74. The molecule has 292 valence electrons. The molecule has 1 unspecified atom stereocenters. The SMILES string of the molecule is COc1ccc(COC(=O)C2=C(CCl)CS[C@@H]3[C@H](NC(=O)/C=N\OCC(F)c4nsc(NC(c5ccccc5)(c5ccccc5)c5ccccc5)n4)C(=O)N23)cc1. The van der Waals surface area contributed by atoms with Crippen LogP contribution in [0.4, 0.5) is 9.52 Å². The summed E-state index contributed by atoms with van der Waals surface area (Å²) in [6, 6.07) is 35.8. The third kappa shape index (κ3) is 8.50. The second kappa shape index (κ2) is 18.0. The van der Waals surface area contributed by atoms with Crippen molar-refractivity contribution in [3.05, 3.63) is 155 Å². The van der Waals surface area contributed by atoms with Crippen molar-refractivity contribution in [2.45, 2.75) is 29.7 Å². The third-order valence-corrected chi connectivity index (χ3v) is 11.6. The van der Waals surface area contributed by atoms with Gasteiger partial charge in [0, 0.05) is 23.2 Å². The van der Waals surface area contributed by atoms with Gasteiger partial charge in [-0.1, -0.05) is 108 Å². The van der Waals surface area contributed by atoms with E-state index in [2.05, 4.69) is 25.1 Å². The predicted molar refractivity (Wildman–Crippen MR) is 217 cm³/mol. The van der Waals surface area contributed by atoms with Crippen molar-refractivity contribution in [2.24, 2.45) is 5.16 Å². The summed E-state index contributed by atoms with van der Waals surface area (Å²) in [5.74, 6) is -0.999. The molecule has 3 atom stereocenters. The first-order valence-electron chi connectivity index (χ1n) is 17.7. The number of carbonyl (C=O) groups excluding carboxylic acids is 3. The van der Waals surface area contributed by atoms with E-state index >= 15 is 4.39 Å². The molecule has 7 rings (SSSR count). The van der Waals surface area contributed by atoms with Crippen molar-refractivity contribution in [3.63, 3.8) is 0 Å². The van der Waals surface area contributed by atoms with Crippen LogP contribution in [0.1, 0.15) is 34.2 Å². The minimum atomic E-state index is -1.76. The van der Waals surface area contributed by atoms with E-state index < -0.39 is 47.5 Å². The normalized spacial score (nSPS) is 17.0. The van der Waals surface area contributed by atoms with Crippen LogP contribution >= 0.6 is 34.9 Å². The maximum absolute atomic E-state index is 15.4. The number of hydrogen-bond acceptors (Lipinski definition) is 12. The largest absolute Gasteiger partial charge is 0.497 e. The fraction of sp³-hybridized carbons (Fsp3) is 0.220. The van der Waals surface area contributed by atoms with Crippen LogP contribution in [-0.2, 0) is 36.1 Å². The van der Waals surface area contributed by atoms with Gasteiger partial charge in [-0.2, -0.15) is 4.37 Å². The van der Waals surface area contributed by atoms with E-state index in [0.717, 1.165) is 40.0 Å². The van der Waals surface area contributed by atoms with Crippen molar-refractivity contribution in [1.82, 2.24) is 19.6 Å². The van der Waals surface area contributed by atoms with E-state index in [1.807, 2.05) is 91.0 Å². The summed E-state index contributed by atoms with van der Waals surface area (Å²) in [6.45, 7) is -0.587. The van der Waals surface area contributed by atoms with Gasteiger partial charge in [-0.25, -0.2) is 14.2 Å². The second-order valence-electron chi connectivity index (χ2n) is 12.8. The zero-order chi connectivity index (χ0) is 39.8. The number of halogens is 2. The van der Waals surface area contributed by atoms with Crippen molar-refractivity contribution in [1.29, 1.82) is 0 Å². The maximum atomic E-state index is 15.4. The summed E-state index contributed by atoms with van der Waals surface area (Å²) in [7, 11) is 1.56. The number of oxime groups is 1. The number of amides is 2. The molecule has 4 aromatic carbocycles. The number of β-lactam (4-membered cyclic amide) rings is 1. The molecule has 2 N–H and O–H groups in total. The standard InChI is InChI=1S/C41H36ClFN6O6S2/c1-53-31-19-17-26(18-20-31)23-54-39(52)35-27(21-42)25-56-38-34(37(51)49(35)38)45-33(50)22-44-55-24-32(43)36-46-40(57-48-36)47-41(28-11-5-2-6-12-28,29-13-7-3-8-14-29)30-15-9-4-10-16-30/h2-20,22,32,34,38H,21,23-25H2,1H3,(H,45,50)(H,46,47,48)/b44-22-/t32?,34-,38-/m1/s1. The first-order valence-corrected chi connectivity index (χ1v) is 20.1. The molecular formula is C41H36ClFN6O6S2. The van der Waals surface area contributed by atoms with Crippen molar-refractivity contribution in [2.75, 3.05) is 30.7 Å². The first kappa shape index (κ1) is 39.5. The highest BCUT2D eigenvalue weighted by molar-refractivity contribution is 8.00. The minimum Gasteiger partial charge on any atom is -0.497 e. The van der Waals surface area contributed by atoms with E-state index in [1.165, 1.54) is 16.7 Å². The van der Waals surface area contributed by atoms with Crippen molar-refractivity contribution in [3.8, 4) is 5.75 Å². The van der Waals surface area contributed by atoms with Crippen LogP contribution in [-0.4, -0.2) is 75.0 Å². The van der Waals surface area contributed by atoms with Crippen LogP contribution < -0.4 is 15.4 Å². The van der Waals surface area contributed by atoms with Gasteiger partial charge in [0.25, 0.3) is 11.8 Å². The molecule has 1 saturated heterocycles. The molecule has 2 aliphatic rings. The number of alkyl halides is 2.